The molecule has 1 aromatic rings. The topological polar surface area (TPSA) is 0 Å². The van der Waals surface area contributed by atoms with E-state index in [1.54, 1.807) is 0 Å². The number of hydrogen-bond acceptors (Lipinski definition) is 0. The first-order valence-corrected chi connectivity index (χ1v) is 8.31. The Morgan fingerprint density at radius 2 is 1.75 bits per heavy atom. The summed E-state index contributed by atoms with van der Waals surface area (Å²) >= 11 is 3.49. The van der Waals surface area contributed by atoms with Crippen molar-refractivity contribution in [3.05, 3.63) is 30.3 Å². The number of rotatable bonds is 1. The normalized spacial score (nSPS) is 9.12. The van der Waals surface area contributed by atoms with Crippen LogP contribution in [0.5, 0.6) is 0 Å². The molecule has 0 bridgehead atoms. The first kappa shape index (κ1) is 6.36. The van der Waals surface area contributed by atoms with E-state index >= 15 is 0 Å². The molecule has 0 aliphatic heterocycles. The first-order chi connectivity index (χ1) is 3.93. The summed E-state index contributed by atoms with van der Waals surface area (Å²) in [6.45, 7) is 0. The predicted molar refractivity (Wildman–Crippen MR) is 40.8 cm³/mol. The Kier molecular flexibility index (Phi) is 2.63. The van der Waals surface area contributed by atoms with Gasteiger partial charge in [0, 0.05) is 0 Å². The molecular weight excluding hydrogens is 225 g/mol. The van der Waals surface area contributed by atoms with Crippen molar-refractivity contribution in [3.8, 4) is 0 Å². The van der Waals surface area contributed by atoms with Crippen molar-refractivity contribution in [2.45, 2.75) is 0 Å². The molecule has 0 spiro atoms. The SMILES string of the molecule is [Br][Ge][c]1ccccc1. The van der Waals surface area contributed by atoms with Crippen LogP contribution in [0.15, 0.2) is 30.3 Å². The zero-order valence-corrected chi connectivity index (χ0v) is 7.95. The second-order valence-corrected chi connectivity index (χ2v) is 5.13. The summed E-state index contributed by atoms with van der Waals surface area (Å²) in [5.74, 6) is 0. The van der Waals surface area contributed by atoms with Crippen molar-refractivity contribution < 1.29 is 0 Å². The molecule has 0 aliphatic carbocycles. The molecular formula is C6H5BrGe. The molecule has 0 fully saturated rings. The molecule has 0 amide bonds. The van der Waals surface area contributed by atoms with E-state index in [2.05, 4.69) is 38.3 Å². The first-order valence-electron chi connectivity index (χ1n) is 2.35. The Morgan fingerprint density at radius 3 is 2.12 bits per heavy atom. The summed E-state index contributed by atoms with van der Waals surface area (Å²) in [5, 5.41) is 0. The van der Waals surface area contributed by atoms with Crippen molar-refractivity contribution in [3.63, 3.8) is 0 Å². The van der Waals surface area contributed by atoms with E-state index in [1.807, 2.05) is 6.07 Å². The fourth-order valence-corrected chi connectivity index (χ4v) is 2.54. The van der Waals surface area contributed by atoms with E-state index in [9.17, 15) is 0 Å². The van der Waals surface area contributed by atoms with Crippen LogP contribution < -0.4 is 4.40 Å². The van der Waals surface area contributed by atoms with Gasteiger partial charge in [0.15, 0.2) is 0 Å². The maximum atomic E-state index is 3.48. The fourth-order valence-electron chi connectivity index (χ4n) is 0.501. The summed E-state index contributed by atoms with van der Waals surface area (Å²) in [5.41, 5.74) is 0. The zero-order chi connectivity index (χ0) is 5.82. The molecule has 0 saturated carbocycles. The fraction of sp³-hybridized carbons (Fsp3) is 0. The Balaban J connectivity index is 2.83. The van der Waals surface area contributed by atoms with Gasteiger partial charge < -0.3 is 0 Å². The van der Waals surface area contributed by atoms with Crippen LogP contribution in [-0.2, 0) is 0 Å². The number of hydrogen-bond donors (Lipinski definition) is 0. The molecule has 0 N–H and O–H groups in total. The number of benzene rings is 1. The molecule has 2 radical (unpaired) electrons. The molecule has 0 nitrogen and oxygen atoms in total. The van der Waals surface area contributed by atoms with Gasteiger partial charge in [-0.2, -0.15) is 0 Å². The Morgan fingerprint density at radius 1 is 1.12 bits per heavy atom. The van der Waals surface area contributed by atoms with Crippen molar-refractivity contribution in [2.75, 3.05) is 0 Å². The van der Waals surface area contributed by atoms with Crippen LogP contribution >= 0.6 is 14.0 Å². The second-order valence-electron chi connectivity index (χ2n) is 1.46. The van der Waals surface area contributed by atoms with Crippen molar-refractivity contribution in [1.29, 1.82) is 0 Å². The molecule has 0 atom stereocenters. The van der Waals surface area contributed by atoms with Crippen LogP contribution in [0.25, 0.3) is 0 Å². The Bertz CT molecular complexity index is 150. The van der Waals surface area contributed by atoms with Crippen molar-refractivity contribution in [1.82, 2.24) is 0 Å². The standard InChI is InChI=1S/C6H5BrGe/c7-8-6-4-2-1-3-5-6/h1-5H. The second kappa shape index (κ2) is 3.30. The monoisotopic (exact) mass is 230 g/mol. The van der Waals surface area contributed by atoms with Gasteiger partial charge in [-0.15, -0.1) is 0 Å². The van der Waals surface area contributed by atoms with Crippen LogP contribution in [0.4, 0.5) is 0 Å². The van der Waals surface area contributed by atoms with E-state index in [1.165, 1.54) is 4.40 Å². The van der Waals surface area contributed by atoms with Gasteiger partial charge in [0.2, 0.25) is 0 Å². The third-order valence-corrected chi connectivity index (χ3v) is 4.42. The summed E-state index contributed by atoms with van der Waals surface area (Å²) in [6, 6.07) is 10.5. The summed E-state index contributed by atoms with van der Waals surface area (Å²) in [7, 11) is 0. The molecule has 0 unspecified atom stereocenters. The molecule has 8 heavy (non-hydrogen) atoms. The summed E-state index contributed by atoms with van der Waals surface area (Å²) in [6.07, 6.45) is 0. The number of halogens is 1. The minimum absolute atomic E-state index is 0.00861. The van der Waals surface area contributed by atoms with E-state index in [-0.39, 0.29) is 13.6 Å². The molecule has 40 valence electrons. The molecule has 0 heterocycles. The summed E-state index contributed by atoms with van der Waals surface area (Å²) in [4.78, 5) is 0. The molecule has 1 rings (SSSR count). The van der Waals surface area contributed by atoms with Gasteiger partial charge in [-0.1, -0.05) is 0 Å². The van der Waals surface area contributed by atoms with Crippen LogP contribution in [0.2, 0.25) is 0 Å². The Labute approximate surface area is 62.4 Å². The Hall–Kier alpha value is 0.243. The maximum absolute atomic E-state index is 3.48. The average Bonchev–Trinajstić information content (AvgIpc) is 1.90. The summed E-state index contributed by atoms with van der Waals surface area (Å²) < 4.78 is 1.45. The van der Waals surface area contributed by atoms with E-state index < -0.39 is 0 Å². The zero-order valence-electron chi connectivity index (χ0n) is 4.26. The molecule has 0 saturated heterocycles. The molecule has 2 heteroatoms. The average molecular weight is 230 g/mol. The van der Waals surface area contributed by atoms with E-state index in [0.717, 1.165) is 0 Å². The van der Waals surface area contributed by atoms with Gasteiger partial charge in [0.05, 0.1) is 0 Å². The van der Waals surface area contributed by atoms with Gasteiger partial charge in [0.25, 0.3) is 0 Å². The quantitative estimate of drug-likeness (QED) is 0.638. The van der Waals surface area contributed by atoms with Gasteiger partial charge in [-0.3, -0.25) is 0 Å². The van der Waals surface area contributed by atoms with E-state index in [0.29, 0.717) is 0 Å². The van der Waals surface area contributed by atoms with Crippen LogP contribution in [-0.4, -0.2) is 13.6 Å². The molecule has 1 aromatic carbocycles. The van der Waals surface area contributed by atoms with Gasteiger partial charge in [-0.25, -0.2) is 0 Å². The van der Waals surface area contributed by atoms with Crippen LogP contribution in [0.3, 0.4) is 0 Å². The molecule has 0 aliphatic rings. The minimum atomic E-state index is 0.00861. The van der Waals surface area contributed by atoms with Crippen molar-refractivity contribution >= 4 is 32.0 Å². The third-order valence-electron chi connectivity index (χ3n) is 0.883. The van der Waals surface area contributed by atoms with Gasteiger partial charge in [-0.05, 0) is 0 Å². The van der Waals surface area contributed by atoms with Crippen LogP contribution in [0.1, 0.15) is 0 Å². The van der Waals surface area contributed by atoms with Gasteiger partial charge >= 0.3 is 62.3 Å². The van der Waals surface area contributed by atoms with Gasteiger partial charge in [0.1, 0.15) is 0 Å². The van der Waals surface area contributed by atoms with Crippen LogP contribution in [0, 0.1) is 0 Å². The van der Waals surface area contributed by atoms with Crippen molar-refractivity contribution in [2.24, 2.45) is 0 Å². The third kappa shape index (κ3) is 1.64. The molecule has 0 aromatic heterocycles. The predicted octanol–water partition coefficient (Wildman–Crippen LogP) is 1.33. The van der Waals surface area contributed by atoms with E-state index in [4.69, 9.17) is 0 Å².